The molecule has 8 aliphatic heterocycles. The number of nitrogens with zero attached hydrogens (tertiary/aromatic N) is 20. The molecule has 0 unspecified atom stereocenters. The van der Waals surface area contributed by atoms with Gasteiger partial charge in [0.15, 0.2) is 23.3 Å². The van der Waals surface area contributed by atoms with Gasteiger partial charge in [-0.15, -0.1) is 0 Å². The van der Waals surface area contributed by atoms with E-state index in [1.807, 2.05) is 38.1 Å². The monoisotopic (exact) mass is 1940 g/mol. The number of hydrogen-bond acceptors (Lipinski definition) is 30. The number of hydrogen-bond donors (Lipinski definition) is 0. The highest BCUT2D eigenvalue weighted by Crippen LogP contribution is 2.43. The van der Waals surface area contributed by atoms with Crippen LogP contribution in [0.5, 0.6) is 11.8 Å². The average Bonchev–Trinajstić information content (AvgIpc) is 1.76. The van der Waals surface area contributed by atoms with Gasteiger partial charge in [0, 0.05) is 225 Å². The Labute approximate surface area is 791 Å². The number of aryl methyl sites for hydroxylation is 1. The molecule has 16 heterocycles. The van der Waals surface area contributed by atoms with Gasteiger partial charge in [0.2, 0.25) is 51.9 Å². The minimum atomic E-state index is -3.18. The molecule has 3 aliphatic carbocycles. The zero-order valence-corrected chi connectivity index (χ0v) is 82.2. The number of piperidine rings is 4. The van der Waals surface area contributed by atoms with Crippen LogP contribution in [-0.4, -0.2) is 305 Å². The van der Waals surface area contributed by atoms with Crippen LogP contribution in [0.1, 0.15) is 172 Å². The fourth-order valence-electron chi connectivity index (χ4n) is 19.2. The quantitative estimate of drug-likeness (QED) is 0.0679. The molecule has 0 N–H and O–H groups in total. The molecule has 0 amide bonds. The number of pyridine rings is 4. The maximum absolute atomic E-state index is 12.0. The summed E-state index contributed by atoms with van der Waals surface area (Å²) in [7, 11) is -11.1. The highest BCUT2D eigenvalue weighted by molar-refractivity contribution is 7.89. The van der Waals surface area contributed by atoms with E-state index in [1.165, 1.54) is 25.0 Å². The van der Waals surface area contributed by atoms with Gasteiger partial charge in [-0.25, -0.2) is 111 Å². The fourth-order valence-corrected chi connectivity index (χ4v) is 23.2. The molecule has 8 saturated heterocycles. The van der Waals surface area contributed by atoms with Gasteiger partial charge in [-0.05, 0) is 111 Å². The molecule has 34 nitrogen and oxygen atoms in total. The summed E-state index contributed by atoms with van der Waals surface area (Å²) in [6, 6.07) is 18.5. The first kappa shape index (κ1) is 97.1. The molecule has 19 rings (SSSR count). The van der Waals surface area contributed by atoms with Crippen molar-refractivity contribution in [1.29, 1.82) is 0 Å². The van der Waals surface area contributed by atoms with Crippen LogP contribution < -0.4 is 29.1 Å². The molecule has 8 aromatic heterocycles. The molecular formula is C93H120Cl2N20O14S4. The zero-order chi connectivity index (χ0) is 93.8. The van der Waals surface area contributed by atoms with Gasteiger partial charge in [-0.1, -0.05) is 59.7 Å². The lowest BCUT2D eigenvalue weighted by molar-refractivity contribution is 0.0985. The fraction of sp³-hybridized carbons (Fsp3) is 0.548. The molecule has 11 aliphatic rings. The molecular weight excluding hydrogens is 1820 g/mol. The van der Waals surface area contributed by atoms with Crippen molar-refractivity contribution in [3.63, 3.8) is 0 Å². The number of rotatable bonds is 19. The van der Waals surface area contributed by atoms with Gasteiger partial charge in [0.25, 0.3) is 0 Å². The van der Waals surface area contributed by atoms with E-state index in [2.05, 4.69) is 128 Å². The number of sulfonamides is 4. The Balaban J connectivity index is 0.000000129. The van der Waals surface area contributed by atoms with E-state index in [9.17, 15) is 33.7 Å². The highest BCUT2D eigenvalue weighted by Gasteiger charge is 2.37. The van der Waals surface area contributed by atoms with Crippen molar-refractivity contribution in [1.82, 2.24) is 77.0 Å². The standard InChI is InChI=1S/C25H33N5O4S.C24H31N5O4S.C23H28ClN5O3S.C21H28ClN5O3S/c1-4-34-24-14-20(19-6-5-7-21(19)26-24)25-27-22(18-8-10-29(11-9-18)35(3,31)32)15-23(28-25)30-12-13-33-16-17(30)2;1-16-15-33-12-11-29(16)22-14-21(17-7-9-28(10-8-17)34(3,30)31)26-24(27-22)19-13-23(32-2)25-20-6-4-5-18(19)20;1-15-14-32-11-10-29(15)22-13-20(16-6-8-28(9-7-16)33(2,30)31)26-23(27-22)18-12-21(24)25-19-5-3-4-17(18)19;1-14-10-17(11-19(22)23-14)21-24-18(16-4-6-26(7-5-16)31(3,28)29)12-20(25-21)27-8-9-30-13-15(27)2/h5-6,14-15,17-18H,4,7-13,16H2,1-3H3;4-5,13-14,16-17H,6-12,15H2,1-3H3;3-4,12-13,15-16H,5-11,14H2,1-2H3;10-12,15-16H,4-9,13H2,1-3H3/t17-;16-;2*15-/m1111/s1. The van der Waals surface area contributed by atoms with Crippen LogP contribution in [0.4, 0.5) is 23.3 Å². The number of aromatic nitrogens is 12. The SMILES string of the molecule is CCOc1cc(-c2nc(C3CCN(S(C)(=O)=O)CC3)cc(N3CCOC[C@H]3C)n2)c2c(n1)CC=C2.COc1cc(-c2nc(C3CCN(S(C)(=O)=O)CC3)cc(N3CCOC[C@H]3C)n2)c2c(n1)CC=C2.C[C@@H]1COCCN1c1cc(C2CCN(S(C)(=O)=O)CC2)nc(-c2cc(Cl)nc3c2C=CC3)n1.Cc1cc(-c2nc(C3CCN(S(C)(=O)=O)CC3)cc(N3CCOC[C@H]3C)n2)cc(Cl)n1. The third-order valence-corrected chi connectivity index (χ3v) is 32.1. The van der Waals surface area contributed by atoms with E-state index < -0.39 is 40.1 Å². The van der Waals surface area contributed by atoms with Gasteiger partial charge in [-0.2, -0.15) is 0 Å². The predicted octanol–water partition coefficient (Wildman–Crippen LogP) is 11.3. The minimum absolute atomic E-state index is 0.167. The smallest absolute Gasteiger partial charge is 0.214 e. The summed E-state index contributed by atoms with van der Waals surface area (Å²) in [4.78, 5) is 66.9. The Hall–Kier alpha value is -9.00. The first-order valence-corrected chi connectivity index (χ1v) is 54.1. The predicted molar refractivity (Wildman–Crippen MR) is 516 cm³/mol. The lowest BCUT2D eigenvalue weighted by Gasteiger charge is -2.35. The van der Waals surface area contributed by atoms with Crippen molar-refractivity contribution in [3.8, 4) is 57.3 Å². The Bertz CT molecular complexity index is 6140. The lowest BCUT2D eigenvalue weighted by atomic mass is 9.94. The molecule has 8 fully saturated rings. The number of ether oxygens (including phenoxy) is 6. The summed E-state index contributed by atoms with van der Waals surface area (Å²) < 4.78 is 136. The van der Waals surface area contributed by atoms with Crippen LogP contribution in [-0.2, 0) is 78.3 Å². The second kappa shape index (κ2) is 41.9. The van der Waals surface area contributed by atoms with Crippen molar-refractivity contribution in [3.05, 3.63) is 145 Å². The van der Waals surface area contributed by atoms with Gasteiger partial charge >= 0.3 is 0 Å². The molecule has 714 valence electrons. The molecule has 0 radical (unpaired) electrons. The van der Waals surface area contributed by atoms with E-state index >= 15 is 0 Å². The number of anilines is 4. The number of fused-ring (bicyclic) bond motifs is 3. The molecule has 0 aromatic carbocycles. The summed E-state index contributed by atoms with van der Waals surface area (Å²) in [5.41, 5.74) is 14.1. The van der Waals surface area contributed by atoms with Crippen molar-refractivity contribution in [2.75, 3.05) is 190 Å². The topological polar surface area (TPSA) is 373 Å². The van der Waals surface area contributed by atoms with Crippen molar-refractivity contribution in [2.45, 2.75) is 160 Å². The summed E-state index contributed by atoms with van der Waals surface area (Å²) in [6.07, 6.45) is 25.7. The molecule has 0 saturated carbocycles. The van der Waals surface area contributed by atoms with Gasteiger partial charge in [0.05, 0.1) is 133 Å². The summed E-state index contributed by atoms with van der Waals surface area (Å²) in [5, 5.41) is 0.843. The van der Waals surface area contributed by atoms with Crippen LogP contribution >= 0.6 is 23.2 Å². The summed E-state index contributed by atoms with van der Waals surface area (Å²) in [5.74, 6) is 7.89. The Morgan fingerprint density at radius 1 is 0.361 bits per heavy atom. The number of halogens is 2. The van der Waals surface area contributed by atoms with E-state index in [0.29, 0.717) is 157 Å². The Morgan fingerprint density at radius 2 is 0.654 bits per heavy atom. The first-order valence-electron chi connectivity index (χ1n) is 46.0. The van der Waals surface area contributed by atoms with Crippen molar-refractivity contribution in [2.24, 2.45) is 0 Å². The largest absolute Gasteiger partial charge is 0.481 e. The molecule has 0 spiro atoms. The van der Waals surface area contributed by atoms with Crippen LogP contribution in [0, 0.1) is 6.92 Å². The van der Waals surface area contributed by atoms with E-state index in [1.54, 1.807) is 30.4 Å². The number of allylic oxidation sites excluding steroid dienone is 3. The molecule has 4 atom stereocenters. The third-order valence-electron chi connectivity index (χ3n) is 26.5. The van der Waals surface area contributed by atoms with E-state index in [4.69, 9.17) is 91.5 Å². The first-order chi connectivity index (χ1) is 63.7. The average molecular weight is 1940 g/mol. The molecule has 0 bridgehead atoms. The second-order valence-corrected chi connectivity index (χ2v) is 44.7. The summed E-state index contributed by atoms with van der Waals surface area (Å²) in [6.45, 7) is 25.3. The second-order valence-electron chi connectivity index (χ2n) is 36.0. The number of morpholine rings is 4. The van der Waals surface area contributed by atoms with E-state index in [-0.39, 0.29) is 47.8 Å². The van der Waals surface area contributed by atoms with Crippen LogP contribution in [0.25, 0.3) is 63.8 Å². The minimum Gasteiger partial charge on any atom is -0.481 e. The lowest BCUT2D eigenvalue weighted by Crippen LogP contribution is -2.44. The van der Waals surface area contributed by atoms with Gasteiger partial charge in [-0.3, -0.25) is 0 Å². The third kappa shape index (κ3) is 23.3. The highest BCUT2D eigenvalue weighted by atomic mass is 35.5. The van der Waals surface area contributed by atoms with Gasteiger partial charge in [0.1, 0.15) is 33.6 Å². The van der Waals surface area contributed by atoms with Crippen LogP contribution in [0.15, 0.2) is 72.8 Å². The maximum atomic E-state index is 12.0. The van der Waals surface area contributed by atoms with Crippen LogP contribution in [0.2, 0.25) is 10.3 Å². The number of methoxy groups -OCH3 is 1. The maximum Gasteiger partial charge on any atom is 0.214 e. The summed E-state index contributed by atoms with van der Waals surface area (Å²) >= 11 is 12.6. The molecule has 40 heteroatoms. The molecule has 8 aromatic rings. The van der Waals surface area contributed by atoms with Crippen molar-refractivity contribution < 1.29 is 62.1 Å². The molecule has 133 heavy (non-hydrogen) atoms. The van der Waals surface area contributed by atoms with E-state index in [0.717, 1.165) is 205 Å². The normalized spacial score (nSPS) is 21.6. The zero-order valence-electron chi connectivity index (χ0n) is 77.5. The van der Waals surface area contributed by atoms with Crippen LogP contribution in [0.3, 0.4) is 0 Å². The van der Waals surface area contributed by atoms with Gasteiger partial charge < -0.3 is 48.0 Å². The Morgan fingerprint density at radius 3 is 0.962 bits per heavy atom. The Kier molecular flexibility index (Phi) is 30.6. The van der Waals surface area contributed by atoms with Crippen molar-refractivity contribution >= 4 is 105 Å².